The van der Waals surface area contributed by atoms with Gasteiger partial charge in [-0.3, -0.25) is 4.79 Å². The molecule has 2 N–H and O–H groups in total. The Hall–Kier alpha value is -2.85. The van der Waals surface area contributed by atoms with E-state index in [0.29, 0.717) is 17.7 Å². The molecule has 136 valence electrons. The van der Waals surface area contributed by atoms with Crippen molar-refractivity contribution in [2.45, 2.75) is 32.2 Å². The zero-order valence-corrected chi connectivity index (χ0v) is 14.5. The Morgan fingerprint density at radius 1 is 1.08 bits per heavy atom. The van der Waals surface area contributed by atoms with Gasteiger partial charge < -0.3 is 5.43 Å². The minimum Gasteiger partial charge on any atom is -0.320 e. The van der Waals surface area contributed by atoms with Crippen molar-refractivity contribution in [2.75, 3.05) is 5.43 Å². The molecule has 0 aliphatic carbocycles. The van der Waals surface area contributed by atoms with Gasteiger partial charge in [0, 0.05) is 17.7 Å². The van der Waals surface area contributed by atoms with Crippen LogP contribution >= 0.6 is 0 Å². The Kier molecular flexibility index (Phi) is 5.68. The number of hydrogen-bond donors (Lipinski definition) is 2. The number of carbonyl (C=O) groups excluding carboxylic acids is 1. The summed E-state index contributed by atoms with van der Waals surface area (Å²) in [5, 5.41) is 9.19. The van der Waals surface area contributed by atoms with Crippen LogP contribution in [0.1, 0.15) is 36.7 Å². The normalized spacial score (nSPS) is 12.3. The zero-order valence-electron chi connectivity index (χ0n) is 14.5. The van der Waals surface area contributed by atoms with Gasteiger partial charge in [-0.15, -0.1) is 0 Å². The van der Waals surface area contributed by atoms with Crippen LogP contribution in [0.5, 0.6) is 0 Å². The highest BCUT2D eigenvalue weighted by atomic mass is 19.2. The third-order valence-corrected chi connectivity index (χ3v) is 3.77. The average molecular weight is 361 g/mol. The number of carbonyl (C=O) groups is 1. The lowest BCUT2D eigenvalue weighted by atomic mass is 9.86. The van der Waals surface area contributed by atoms with E-state index >= 15 is 0 Å². The molecule has 7 heteroatoms. The third kappa shape index (κ3) is 4.41. The van der Waals surface area contributed by atoms with Gasteiger partial charge in [-0.05, 0) is 11.0 Å². The van der Waals surface area contributed by atoms with Gasteiger partial charge in [0.2, 0.25) is 0 Å². The molecule has 0 aliphatic rings. The van der Waals surface area contributed by atoms with Crippen molar-refractivity contribution in [2.24, 2.45) is 0 Å². The molecule has 0 radical (unpaired) electrons. The maximum atomic E-state index is 13.2. The van der Waals surface area contributed by atoms with E-state index in [9.17, 15) is 23.2 Å². The van der Waals surface area contributed by atoms with E-state index in [4.69, 9.17) is 0 Å². The summed E-state index contributed by atoms with van der Waals surface area (Å²) in [5.74, 6) is -4.87. The SMILES string of the molecule is CC(C)(C)c1ccc(C(=O)C(C#N)NNc2cc(F)c(F)c(F)c2)cc1. The standard InChI is InChI=1S/C19H18F3N3O/c1-19(2,3)12-6-4-11(5-7-12)18(26)16(10-23)25-24-13-8-14(20)17(22)15(21)9-13/h4-9,16,24-25H,1-3H3. The second kappa shape index (κ2) is 7.58. The molecule has 0 saturated heterocycles. The second-order valence-electron chi connectivity index (χ2n) is 6.78. The molecule has 2 aromatic rings. The lowest BCUT2D eigenvalue weighted by Gasteiger charge is -2.19. The van der Waals surface area contributed by atoms with Crippen LogP contribution in [0, 0.1) is 28.8 Å². The van der Waals surface area contributed by atoms with Gasteiger partial charge in [0.25, 0.3) is 0 Å². The minimum atomic E-state index is -1.60. The molecule has 0 aliphatic heterocycles. The molecule has 0 saturated carbocycles. The monoisotopic (exact) mass is 361 g/mol. The van der Waals surface area contributed by atoms with Crippen LogP contribution in [0.15, 0.2) is 36.4 Å². The van der Waals surface area contributed by atoms with E-state index in [1.54, 1.807) is 30.3 Å². The van der Waals surface area contributed by atoms with Crippen molar-refractivity contribution in [3.63, 3.8) is 0 Å². The lowest BCUT2D eigenvalue weighted by Crippen LogP contribution is -2.39. The fourth-order valence-corrected chi connectivity index (χ4v) is 2.24. The molecule has 0 spiro atoms. The maximum Gasteiger partial charge on any atom is 0.195 e. The summed E-state index contributed by atoms with van der Waals surface area (Å²) >= 11 is 0. The second-order valence-corrected chi connectivity index (χ2v) is 6.78. The summed E-state index contributed by atoms with van der Waals surface area (Å²) in [6.45, 7) is 6.11. The average Bonchev–Trinajstić information content (AvgIpc) is 2.59. The fraction of sp³-hybridized carbons (Fsp3) is 0.263. The first kappa shape index (κ1) is 19.5. The third-order valence-electron chi connectivity index (χ3n) is 3.77. The number of rotatable bonds is 5. The van der Waals surface area contributed by atoms with E-state index in [-0.39, 0.29) is 11.1 Å². The van der Waals surface area contributed by atoms with Crippen LogP contribution in [0.4, 0.5) is 18.9 Å². The zero-order chi connectivity index (χ0) is 19.5. The van der Waals surface area contributed by atoms with Gasteiger partial charge in [0.1, 0.15) is 0 Å². The van der Waals surface area contributed by atoms with Gasteiger partial charge >= 0.3 is 0 Å². The van der Waals surface area contributed by atoms with Crippen molar-refractivity contribution >= 4 is 11.5 Å². The number of ketones is 1. The van der Waals surface area contributed by atoms with E-state index in [2.05, 4.69) is 10.9 Å². The predicted molar refractivity (Wildman–Crippen MR) is 91.9 cm³/mol. The highest BCUT2D eigenvalue weighted by Crippen LogP contribution is 2.22. The molecule has 2 rings (SSSR count). The van der Waals surface area contributed by atoms with E-state index in [0.717, 1.165) is 5.56 Å². The Bertz CT molecular complexity index is 829. The predicted octanol–water partition coefficient (Wildman–Crippen LogP) is 4.09. The van der Waals surface area contributed by atoms with Crippen molar-refractivity contribution in [3.8, 4) is 6.07 Å². The van der Waals surface area contributed by atoms with Crippen molar-refractivity contribution in [3.05, 3.63) is 65.0 Å². The number of benzene rings is 2. The van der Waals surface area contributed by atoms with E-state index in [1.807, 2.05) is 20.8 Å². The summed E-state index contributed by atoms with van der Waals surface area (Å²) in [6, 6.07) is 8.74. The topological polar surface area (TPSA) is 64.9 Å². The van der Waals surface area contributed by atoms with E-state index in [1.165, 1.54) is 0 Å². The molecule has 4 nitrogen and oxygen atoms in total. The van der Waals surface area contributed by atoms with Crippen LogP contribution in [0.25, 0.3) is 0 Å². The van der Waals surface area contributed by atoms with Gasteiger partial charge in [-0.1, -0.05) is 45.0 Å². The van der Waals surface area contributed by atoms with Gasteiger partial charge in [-0.25, -0.2) is 18.6 Å². The molecule has 2 aromatic carbocycles. The minimum absolute atomic E-state index is 0.0766. The van der Waals surface area contributed by atoms with Crippen molar-refractivity contribution < 1.29 is 18.0 Å². The molecule has 1 atom stereocenters. The molecule has 0 bridgehead atoms. The molecule has 1 unspecified atom stereocenters. The van der Waals surface area contributed by atoms with Crippen LogP contribution in [0.2, 0.25) is 0 Å². The van der Waals surface area contributed by atoms with Crippen LogP contribution < -0.4 is 10.9 Å². The van der Waals surface area contributed by atoms with Crippen LogP contribution in [-0.4, -0.2) is 11.8 Å². The molecule has 26 heavy (non-hydrogen) atoms. The Balaban J connectivity index is 2.11. The van der Waals surface area contributed by atoms with Crippen LogP contribution in [-0.2, 0) is 5.41 Å². The van der Waals surface area contributed by atoms with Crippen LogP contribution in [0.3, 0.4) is 0 Å². The smallest absolute Gasteiger partial charge is 0.195 e. The number of anilines is 1. The maximum absolute atomic E-state index is 13.2. The lowest BCUT2D eigenvalue weighted by molar-refractivity contribution is 0.0969. The first-order valence-electron chi connectivity index (χ1n) is 7.84. The fourth-order valence-electron chi connectivity index (χ4n) is 2.24. The number of nitrogens with zero attached hydrogens (tertiary/aromatic N) is 1. The summed E-state index contributed by atoms with van der Waals surface area (Å²) < 4.78 is 39.3. The molecule has 0 amide bonds. The molecule has 0 heterocycles. The Labute approximate surface area is 149 Å². The number of nitrogens with one attached hydrogen (secondary N) is 2. The first-order chi connectivity index (χ1) is 12.1. The highest BCUT2D eigenvalue weighted by molar-refractivity contribution is 6.02. The number of halogens is 3. The number of hydrazine groups is 1. The molecular formula is C19H18F3N3O. The summed E-state index contributed by atoms with van der Waals surface area (Å²) in [4.78, 5) is 12.4. The first-order valence-corrected chi connectivity index (χ1v) is 7.84. The molecular weight excluding hydrogens is 343 g/mol. The number of nitriles is 1. The van der Waals surface area contributed by atoms with E-state index < -0.39 is 29.3 Å². The Morgan fingerprint density at radius 2 is 1.62 bits per heavy atom. The van der Waals surface area contributed by atoms with Crippen molar-refractivity contribution in [1.82, 2.24) is 5.43 Å². The highest BCUT2D eigenvalue weighted by Gasteiger charge is 2.21. The largest absolute Gasteiger partial charge is 0.320 e. The van der Waals surface area contributed by atoms with Gasteiger partial charge in [-0.2, -0.15) is 5.26 Å². The quantitative estimate of drug-likeness (QED) is 0.478. The summed E-state index contributed by atoms with van der Waals surface area (Å²) in [7, 11) is 0. The molecule has 0 fully saturated rings. The Morgan fingerprint density at radius 3 is 2.08 bits per heavy atom. The number of Topliss-reactive ketones (excluding diaryl/α,β-unsaturated/α-hetero) is 1. The summed E-state index contributed by atoms with van der Waals surface area (Å²) in [6.07, 6.45) is 0. The summed E-state index contributed by atoms with van der Waals surface area (Å²) in [5.41, 5.74) is 5.85. The van der Waals surface area contributed by atoms with Crippen molar-refractivity contribution in [1.29, 1.82) is 5.26 Å². The van der Waals surface area contributed by atoms with Gasteiger partial charge in [0.15, 0.2) is 29.3 Å². The number of hydrogen-bond acceptors (Lipinski definition) is 4. The molecule has 0 aromatic heterocycles. The van der Waals surface area contributed by atoms with Gasteiger partial charge in [0.05, 0.1) is 11.8 Å².